The maximum atomic E-state index is 6.00. The van der Waals surface area contributed by atoms with Crippen molar-refractivity contribution in [3.8, 4) is 16.9 Å². The van der Waals surface area contributed by atoms with Crippen LogP contribution in [0.1, 0.15) is 56.3 Å². The molecule has 1 heterocycles. The second-order valence-electron chi connectivity index (χ2n) is 7.40. The predicted octanol–water partition coefficient (Wildman–Crippen LogP) is 6.04. The van der Waals surface area contributed by atoms with Gasteiger partial charge in [0.15, 0.2) is 0 Å². The molecule has 0 radical (unpaired) electrons. The lowest BCUT2D eigenvalue weighted by molar-refractivity contribution is 0.318. The van der Waals surface area contributed by atoms with Crippen LogP contribution in [0.4, 0.5) is 0 Å². The second-order valence-corrected chi connectivity index (χ2v) is 7.40. The van der Waals surface area contributed by atoms with Crippen LogP contribution in [0.5, 0.6) is 5.75 Å². The van der Waals surface area contributed by atoms with Crippen molar-refractivity contribution < 1.29 is 4.74 Å². The highest BCUT2D eigenvalue weighted by Gasteiger charge is 2.18. The zero-order valence-corrected chi connectivity index (χ0v) is 16.1. The summed E-state index contributed by atoms with van der Waals surface area (Å²) >= 11 is 0. The van der Waals surface area contributed by atoms with Crippen LogP contribution in [0.15, 0.2) is 60.8 Å². The Morgan fingerprint density at radius 1 is 0.963 bits per heavy atom. The largest absolute Gasteiger partial charge is 0.493 e. The third-order valence-electron chi connectivity index (χ3n) is 5.39. The maximum Gasteiger partial charge on any atom is 0.127 e. The van der Waals surface area contributed by atoms with Gasteiger partial charge in [0.05, 0.1) is 18.3 Å². The van der Waals surface area contributed by atoms with E-state index in [2.05, 4.69) is 66.3 Å². The van der Waals surface area contributed by atoms with Crippen LogP contribution < -0.4 is 4.74 Å². The lowest BCUT2D eigenvalue weighted by Crippen LogP contribution is -2.06. The zero-order chi connectivity index (χ0) is 18.5. The van der Waals surface area contributed by atoms with Crippen molar-refractivity contribution in [3.63, 3.8) is 0 Å². The highest BCUT2D eigenvalue weighted by atomic mass is 16.5. The van der Waals surface area contributed by atoms with Gasteiger partial charge in [0.25, 0.3) is 0 Å². The van der Waals surface area contributed by atoms with Gasteiger partial charge in [0.1, 0.15) is 5.75 Å². The summed E-state index contributed by atoms with van der Waals surface area (Å²) in [4.78, 5) is 0. The fourth-order valence-electron chi connectivity index (χ4n) is 4.00. The highest BCUT2D eigenvalue weighted by Crippen LogP contribution is 2.34. The molecule has 4 rings (SSSR count). The number of hydrogen-bond donors (Lipinski definition) is 0. The molecule has 27 heavy (non-hydrogen) atoms. The minimum Gasteiger partial charge on any atom is -0.493 e. The molecule has 0 atom stereocenters. The first-order valence-corrected chi connectivity index (χ1v) is 10.2. The molecule has 0 amide bonds. The summed E-state index contributed by atoms with van der Waals surface area (Å²) in [5.74, 6) is 0.961. The lowest BCUT2D eigenvalue weighted by Gasteiger charge is -2.14. The minimum atomic E-state index is 0.595. The summed E-state index contributed by atoms with van der Waals surface area (Å²) in [5, 5.41) is 4.88. The molecule has 1 saturated carbocycles. The Balaban J connectivity index is 1.61. The summed E-state index contributed by atoms with van der Waals surface area (Å²) in [6, 6.07) is 19.7. The topological polar surface area (TPSA) is 27.1 Å². The van der Waals surface area contributed by atoms with Gasteiger partial charge in [-0.25, -0.2) is 0 Å². The molecule has 1 aromatic heterocycles. The first-order valence-electron chi connectivity index (χ1n) is 10.2. The summed E-state index contributed by atoms with van der Waals surface area (Å²) < 4.78 is 8.18. The first kappa shape index (κ1) is 17.8. The lowest BCUT2D eigenvalue weighted by atomic mass is 9.96. The van der Waals surface area contributed by atoms with Crippen molar-refractivity contribution >= 4 is 0 Å². The summed E-state index contributed by atoms with van der Waals surface area (Å²) in [5.41, 5.74) is 4.83. The van der Waals surface area contributed by atoms with Crippen LogP contribution in [0.2, 0.25) is 0 Å². The molecule has 3 nitrogen and oxygen atoms in total. The van der Waals surface area contributed by atoms with Gasteiger partial charge < -0.3 is 4.74 Å². The Bertz CT molecular complexity index is 877. The Morgan fingerprint density at radius 2 is 1.70 bits per heavy atom. The third kappa shape index (κ3) is 4.08. The SMILES string of the molecule is CCCOc1ccccc1-c1ccccc1Cc1ccn(C2CCCC2)n1. The van der Waals surface area contributed by atoms with E-state index in [1.165, 1.54) is 36.8 Å². The fraction of sp³-hybridized carbons (Fsp3) is 0.375. The zero-order valence-electron chi connectivity index (χ0n) is 16.1. The maximum absolute atomic E-state index is 6.00. The Hall–Kier alpha value is -2.55. The number of benzene rings is 2. The average Bonchev–Trinajstić information content (AvgIpc) is 3.39. The number of nitrogens with zero attached hydrogens (tertiary/aromatic N) is 2. The van der Waals surface area contributed by atoms with E-state index in [4.69, 9.17) is 9.84 Å². The molecule has 140 valence electrons. The summed E-state index contributed by atoms with van der Waals surface area (Å²) in [7, 11) is 0. The van der Waals surface area contributed by atoms with Crippen LogP contribution >= 0.6 is 0 Å². The number of ether oxygens (including phenoxy) is 1. The van der Waals surface area contributed by atoms with Crippen molar-refractivity contribution in [1.82, 2.24) is 9.78 Å². The van der Waals surface area contributed by atoms with Crippen LogP contribution in [0.3, 0.4) is 0 Å². The molecule has 3 heteroatoms. The van der Waals surface area contributed by atoms with Gasteiger partial charge in [-0.05, 0) is 42.5 Å². The molecule has 0 spiro atoms. The fourth-order valence-corrected chi connectivity index (χ4v) is 4.00. The van der Waals surface area contributed by atoms with E-state index < -0.39 is 0 Å². The van der Waals surface area contributed by atoms with E-state index in [0.717, 1.165) is 36.5 Å². The molecule has 0 N–H and O–H groups in total. The molecule has 2 aromatic carbocycles. The molecule has 1 aliphatic rings. The predicted molar refractivity (Wildman–Crippen MR) is 110 cm³/mol. The molecule has 3 aromatic rings. The van der Waals surface area contributed by atoms with Crippen LogP contribution in [0, 0.1) is 0 Å². The van der Waals surface area contributed by atoms with Crippen LogP contribution in [-0.4, -0.2) is 16.4 Å². The van der Waals surface area contributed by atoms with Gasteiger partial charge in [-0.1, -0.05) is 62.2 Å². The van der Waals surface area contributed by atoms with Gasteiger partial charge >= 0.3 is 0 Å². The van der Waals surface area contributed by atoms with Crippen molar-refractivity contribution in [1.29, 1.82) is 0 Å². The van der Waals surface area contributed by atoms with E-state index in [-0.39, 0.29) is 0 Å². The quantitative estimate of drug-likeness (QED) is 0.513. The molecular weight excluding hydrogens is 332 g/mol. The molecule has 0 unspecified atom stereocenters. The first-order chi connectivity index (χ1) is 13.3. The van der Waals surface area contributed by atoms with Gasteiger partial charge in [-0.3, -0.25) is 4.68 Å². The van der Waals surface area contributed by atoms with Crippen molar-refractivity contribution in [3.05, 3.63) is 72.1 Å². The van der Waals surface area contributed by atoms with E-state index in [0.29, 0.717) is 6.04 Å². The van der Waals surface area contributed by atoms with E-state index >= 15 is 0 Å². The van der Waals surface area contributed by atoms with Crippen molar-refractivity contribution in [2.75, 3.05) is 6.61 Å². The molecule has 0 aliphatic heterocycles. The van der Waals surface area contributed by atoms with Gasteiger partial charge in [-0.2, -0.15) is 5.10 Å². The summed E-state index contributed by atoms with van der Waals surface area (Å²) in [6.45, 7) is 2.88. The average molecular weight is 361 g/mol. The normalized spacial score (nSPS) is 14.6. The van der Waals surface area contributed by atoms with Crippen molar-refractivity contribution in [2.45, 2.75) is 51.5 Å². The third-order valence-corrected chi connectivity index (χ3v) is 5.39. The highest BCUT2D eigenvalue weighted by molar-refractivity contribution is 5.73. The van der Waals surface area contributed by atoms with Gasteiger partial charge in [0, 0.05) is 18.2 Å². The Kier molecular flexibility index (Phi) is 5.57. The monoisotopic (exact) mass is 360 g/mol. The van der Waals surface area contributed by atoms with E-state index in [1.807, 2.05) is 6.07 Å². The molecule has 0 bridgehead atoms. The molecular formula is C24H28N2O. The Labute approximate surface area is 162 Å². The van der Waals surface area contributed by atoms with Crippen LogP contribution in [-0.2, 0) is 6.42 Å². The number of para-hydroxylation sites is 1. The molecule has 1 fully saturated rings. The molecule has 0 saturated heterocycles. The van der Waals surface area contributed by atoms with Crippen molar-refractivity contribution in [2.24, 2.45) is 0 Å². The smallest absolute Gasteiger partial charge is 0.127 e. The number of hydrogen-bond acceptors (Lipinski definition) is 2. The van der Waals surface area contributed by atoms with E-state index in [1.54, 1.807) is 0 Å². The molecule has 1 aliphatic carbocycles. The summed E-state index contributed by atoms with van der Waals surface area (Å²) in [6.07, 6.45) is 9.20. The van der Waals surface area contributed by atoms with Crippen LogP contribution in [0.25, 0.3) is 11.1 Å². The minimum absolute atomic E-state index is 0.595. The van der Waals surface area contributed by atoms with E-state index in [9.17, 15) is 0 Å². The van der Waals surface area contributed by atoms with Gasteiger partial charge in [-0.15, -0.1) is 0 Å². The second kappa shape index (κ2) is 8.43. The standard InChI is InChI=1S/C24H28N2O/c1-2-17-27-24-14-8-7-13-23(24)22-12-6-3-9-19(22)18-20-15-16-26(25-20)21-10-4-5-11-21/h3,6-9,12-16,21H,2,4-5,10-11,17-18H2,1H3. The number of rotatable bonds is 7. The Morgan fingerprint density at radius 3 is 2.52 bits per heavy atom. The number of aromatic nitrogens is 2. The van der Waals surface area contributed by atoms with Gasteiger partial charge in [0.2, 0.25) is 0 Å².